The Morgan fingerprint density at radius 2 is 1.37 bits per heavy atom. The molecule has 10 heteroatoms. The van der Waals surface area contributed by atoms with Crippen molar-refractivity contribution in [1.82, 2.24) is 5.32 Å². The lowest BCUT2D eigenvalue weighted by atomic mass is 10.1. The molecule has 0 fully saturated rings. The molecule has 0 aliphatic rings. The molecular formula is C39H35N3O6S. The number of carbonyl (C=O) groups is 3. The number of nitrogens with one attached hydrogen (secondary N) is 3. The van der Waals surface area contributed by atoms with E-state index in [9.17, 15) is 14.4 Å². The Bertz CT molecular complexity index is 1950. The highest BCUT2D eigenvalue weighted by Crippen LogP contribution is 2.38. The summed E-state index contributed by atoms with van der Waals surface area (Å²) < 4.78 is 16.1. The van der Waals surface area contributed by atoms with Gasteiger partial charge >= 0.3 is 0 Å². The summed E-state index contributed by atoms with van der Waals surface area (Å²) in [7, 11) is 4.64. The fraction of sp³-hybridized carbons (Fsp3) is 0.103. The van der Waals surface area contributed by atoms with Gasteiger partial charge in [-0.2, -0.15) is 0 Å². The van der Waals surface area contributed by atoms with Gasteiger partial charge in [0.1, 0.15) is 28.2 Å². The Hall–Kier alpha value is -6.00. The Kier molecular flexibility index (Phi) is 11.7. The Morgan fingerprint density at radius 3 is 2.08 bits per heavy atom. The molecule has 49 heavy (non-hydrogen) atoms. The van der Waals surface area contributed by atoms with E-state index in [4.69, 9.17) is 14.2 Å². The molecule has 5 rings (SSSR count). The van der Waals surface area contributed by atoms with Crippen LogP contribution in [0.5, 0.6) is 17.2 Å². The van der Waals surface area contributed by atoms with Crippen LogP contribution in [0.3, 0.4) is 0 Å². The molecule has 0 aliphatic heterocycles. The molecule has 9 nitrogen and oxygen atoms in total. The van der Waals surface area contributed by atoms with Crippen LogP contribution in [0.1, 0.15) is 26.7 Å². The number of amides is 3. The molecule has 1 atom stereocenters. The quantitative estimate of drug-likeness (QED) is 0.0872. The number of thioether (sulfide) groups is 1. The van der Waals surface area contributed by atoms with Gasteiger partial charge in [0.15, 0.2) is 0 Å². The highest BCUT2D eigenvalue weighted by molar-refractivity contribution is 8.00. The van der Waals surface area contributed by atoms with Crippen molar-refractivity contribution in [3.63, 3.8) is 0 Å². The third-order valence-electron chi connectivity index (χ3n) is 7.29. The predicted molar refractivity (Wildman–Crippen MR) is 193 cm³/mol. The van der Waals surface area contributed by atoms with Crippen LogP contribution in [0.4, 0.5) is 11.4 Å². The SMILES string of the molecule is COc1cccc(/C=C(\NC(=O)c2ccccc2)C(=O)Nc2cccc(SC(C(=O)Nc3ccc(OC)cc3OC)c3ccccc3)c2)c1. The van der Waals surface area contributed by atoms with Gasteiger partial charge in [-0.05, 0) is 71.8 Å². The number of benzene rings is 5. The predicted octanol–water partition coefficient (Wildman–Crippen LogP) is 7.59. The molecule has 0 saturated heterocycles. The average molecular weight is 674 g/mol. The van der Waals surface area contributed by atoms with Crippen LogP contribution in [-0.2, 0) is 9.59 Å². The molecule has 0 aliphatic carbocycles. The minimum Gasteiger partial charge on any atom is -0.497 e. The summed E-state index contributed by atoms with van der Waals surface area (Å²) in [6.07, 6.45) is 1.58. The highest BCUT2D eigenvalue weighted by Gasteiger charge is 2.24. The summed E-state index contributed by atoms with van der Waals surface area (Å²) >= 11 is 1.33. The maximum absolute atomic E-state index is 13.8. The van der Waals surface area contributed by atoms with E-state index >= 15 is 0 Å². The van der Waals surface area contributed by atoms with Crippen LogP contribution < -0.4 is 30.2 Å². The third kappa shape index (κ3) is 9.30. The molecule has 5 aromatic carbocycles. The fourth-order valence-electron chi connectivity index (χ4n) is 4.82. The van der Waals surface area contributed by atoms with Gasteiger partial charge in [-0.3, -0.25) is 14.4 Å². The molecule has 248 valence electrons. The lowest BCUT2D eigenvalue weighted by Crippen LogP contribution is -2.30. The van der Waals surface area contributed by atoms with Gasteiger partial charge in [-0.15, -0.1) is 11.8 Å². The van der Waals surface area contributed by atoms with Crippen LogP contribution >= 0.6 is 11.8 Å². The second-order valence-electron chi connectivity index (χ2n) is 10.6. The number of hydrogen-bond donors (Lipinski definition) is 3. The van der Waals surface area contributed by atoms with E-state index < -0.39 is 17.1 Å². The van der Waals surface area contributed by atoms with Gasteiger partial charge < -0.3 is 30.2 Å². The van der Waals surface area contributed by atoms with Crippen molar-refractivity contribution in [3.8, 4) is 17.2 Å². The first-order chi connectivity index (χ1) is 23.9. The first kappa shape index (κ1) is 34.3. The summed E-state index contributed by atoms with van der Waals surface area (Å²) in [4.78, 5) is 41.3. The second kappa shape index (κ2) is 16.7. The minimum atomic E-state index is -0.646. The second-order valence-corrected chi connectivity index (χ2v) is 11.8. The maximum atomic E-state index is 13.8. The fourth-order valence-corrected chi connectivity index (χ4v) is 5.91. The monoisotopic (exact) mass is 673 g/mol. The highest BCUT2D eigenvalue weighted by atomic mass is 32.2. The summed E-state index contributed by atoms with van der Waals surface area (Å²) in [6.45, 7) is 0. The third-order valence-corrected chi connectivity index (χ3v) is 8.53. The molecular weight excluding hydrogens is 639 g/mol. The van der Waals surface area contributed by atoms with E-state index in [1.807, 2.05) is 42.5 Å². The lowest BCUT2D eigenvalue weighted by Gasteiger charge is -2.19. The number of hydrogen-bond acceptors (Lipinski definition) is 7. The summed E-state index contributed by atoms with van der Waals surface area (Å²) in [6, 6.07) is 37.6. The Labute approximate surface area is 289 Å². The number of carbonyl (C=O) groups excluding carboxylic acids is 3. The van der Waals surface area contributed by atoms with E-state index in [0.717, 1.165) is 10.5 Å². The normalized spacial score (nSPS) is 11.5. The van der Waals surface area contributed by atoms with Crippen molar-refractivity contribution >= 4 is 46.9 Å². The van der Waals surface area contributed by atoms with Crippen LogP contribution in [0.2, 0.25) is 0 Å². The number of anilines is 2. The minimum absolute atomic E-state index is 0.0372. The van der Waals surface area contributed by atoms with Crippen molar-refractivity contribution < 1.29 is 28.6 Å². The standard InChI is InChI=1S/C39H35N3O6S/c1-46-30-18-10-12-26(22-30)23-34(42-37(43)28-15-8-5-9-16-28)38(44)40-29-17-11-19-32(24-29)49-36(27-13-6-4-7-14-27)39(45)41-33-21-20-31(47-2)25-35(33)48-3/h4-25,36H,1-3H3,(H,40,44)(H,41,45)(H,42,43)/b34-23-. The van der Waals surface area contributed by atoms with E-state index in [-0.39, 0.29) is 11.6 Å². The zero-order chi connectivity index (χ0) is 34.6. The maximum Gasteiger partial charge on any atom is 0.272 e. The van der Waals surface area contributed by atoms with Crippen LogP contribution in [0.25, 0.3) is 6.08 Å². The first-order valence-electron chi connectivity index (χ1n) is 15.2. The number of rotatable bonds is 13. The molecule has 0 heterocycles. The van der Waals surface area contributed by atoms with Gasteiger partial charge in [0.05, 0.1) is 27.0 Å². The van der Waals surface area contributed by atoms with Crippen molar-refractivity contribution in [2.24, 2.45) is 0 Å². The zero-order valence-corrected chi connectivity index (χ0v) is 28.0. The van der Waals surface area contributed by atoms with Crippen LogP contribution in [0, 0.1) is 0 Å². The van der Waals surface area contributed by atoms with Crippen molar-refractivity contribution in [1.29, 1.82) is 0 Å². The average Bonchev–Trinajstić information content (AvgIpc) is 3.14. The van der Waals surface area contributed by atoms with Gasteiger partial charge in [0.25, 0.3) is 11.8 Å². The van der Waals surface area contributed by atoms with E-state index in [1.165, 1.54) is 18.9 Å². The molecule has 1 unspecified atom stereocenters. The smallest absolute Gasteiger partial charge is 0.272 e. The van der Waals surface area contributed by atoms with E-state index in [1.54, 1.807) is 105 Å². The van der Waals surface area contributed by atoms with Gasteiger partial charge in [0, 0.05) is 22.2 Å². The first-order valence-corrected chi connectivity index (χ1v) is 16.1. The topological polar surface area (TPSA) is 115 Å². The molecule has 0 spiro atoms. The molecule has 0 bridgehead atoms. The van der Waals surface area contributed by atoms with Crippen molar-refractivity contribution in [2.75, 3.05) is 32.0 Å². The summed E-state index contributed by atoms with van der Waals surface area (Å²) in [5.74, 6) is 0.448. The van der Waals surface area contributed by atoms with E-state index in [2.05, 4.69) is 16.0 Å². The van der Waals surface area contributed by atoms with Crippen LogP contribution in [-0.4, -0.2) is 39.1 Å². The Balaban J connectivity index is 1.39. The van der Waals surface area contributed by atoms with Crippen LogP contribution in [0.15, 0.2) is 138 Å². The molecule has 0 saturated carbocycles. The van der Waals surface area contributed by atoms with Gasteiger partial charge in [0.2, 0.25) is 5.91 Å². The Morgan fingerprint density at radius 1 is 0.673 bits per heavy atom. The summed E-state index contributed by atoms with van der Waals surface area (Å²) in [5.41, 5.74) is 2.87. The summed E-state index contributed by atoms with van der Waals surface area (Å²) in [5, 5.41) is 8.00. The van der Waals surface area contributed by atoms with Crippen molar-refractivity contribution in [2.45, 2.75) is 10.1 Å². The molecule has 3 amide bonds. The van der Waals surface area contributed by atoms with Gasteiger partial charge in [-0.25, -0.2) is 0 Å². The largest absolute Gasteiger partial charge is 0.497 e. The lowest BCUT2D eigenvalue weighted by molar-refractivity contribution is -0.116. The molecule has 3 N–H and O–H groups in total. The van der Waals surface area contributed by atoms with Gasteiger partial charge in [-0.1, -0.05) is 66.7 Å². The molecule has 0 radical (unpaired) electrons. The molecule has 0 aromatic heterocycles. The number of ether oxygens (including phenoxy) is 3. The van der Waals surface area contributed by atoms with E-state index in [0.29, 0.717) is 39.8 Å². The zero-order valence-electron chi connectivity index (χ0n) is 27.1. The van der Waals surface area contributed by atoms with Crippen molar-refractivity contribution in [3.05, 3.63) is 150 Å². The molecule has 5 aromatic rings. The number of methoxy groups -OCH3 is 3.